The second kappa shape index (κ2) is 7.16. The third-order valence-corrected chi connectivity index (χ3v) is 5.10. The van der Waals surface area contributed by atoms with E-state index >= 15 is 0 Å². The summed E-state index contributed by atoms with van der Waals surface area (Å²) < 4.78 is 0. The number of benzene rings is 1. The predicted molar refractivity (Wildman–Crippen MR) is 88.8 cm³/mol. The molecular formula is C17H24N2OS. The molecule has 2 atom stereocenters. The first-order valence-corrected chi connectivity index (χ1v) is 8.27. The van der Waals surface area contributed by atoms with Crippen molar-refractivity contribution in [3.63, 3.8) is 0 Å². The van der Waals surface area contributed by atoms with Crippen LogP contribution in [-0.4, -0.2) is 16.6 Å². The quantitative estimate of drug-likeness (QED) is 0.855. The van der Waals surface area contributed by atoms with Crippen LogP contribution in [0, 0.1) is 13.8 Å². The van der Waals surface area contributed by atoms with Crippen molar-refractivity contribution in [2.24, 2.45) is 0 Å². The summed E-state index contributed by atoms with van der Waals surface area (Å²) in [5, 5.41) is 14.9. The summed E-state index contributed by atoms with van der Waals surface area (Å²) in [5.74, 6) is 0. The molecule has 2 unspecified atom stereocenters. The third-order valence-electron chi connectivity index (χ3n) is 3.62. The summed E-state index contributed by atoms with van der Waals surface area (Å²) in [6, 6.07) is 8.24. The number of thiazole rings is 1. The van der Waals surface area contributed by atoms with Crippen LogP contribution >= 0.6 is 11.3 Å². The van der Waals surface area contributed by atoms with Gasteiger partial charge in [-0.05, 0) is 32.8 Å². The van der Waals surface area contributed by atoms with E-state index in [1.54, 1.807) is 11.3 Å². The van der Waals surface area contributed by atoms with E-state index in [1.807, 2.05) is 31.2 Å². The molecule has 1 heterocycles. The molecule has 21 heavy (non-hydrogen) atoms. The van der Waals surface area contributed by atoms with Crippen LogP contribution < -0.4 is 5.32 Å². The zero-order chi connectivity index (χ0) is 15.4. The minimum absolute atomic E-state index is 0.210. The van der Waals surface area contributed by atoms with E-state index in [-0.39, 0.29) is 6.04 Å². The highest BCUT2D eigenvalue weighted by Crippen LogP contribution is 2.25. The van der Waals surface area contributed by atoms with E-state index < -0.39 is 6.10 Å². The largest absolute Gasteiger partial charge is 0.387 e. The molecule has 0 aliphatic rings. The van der Waals surface area contributed by atoms with Gasteiger partial charge in [-0.25, -0.2) is 4.98 Å². The van der Waals surface area contributed by atoms with Crippen molar-refractivity contribution in [2.75, 3.05) is 6.54 Å². The maximum atomic E-state index is 10.3. The van der Waals surface area contributed by atoms with Crippen molar-refractivity contribution < 1.29 is 5.11 Å². The zero-order valence-corrected chi connectivity index (χ0v) is 14.0. The van der Waals surface area contributed by atoms with Crippen LogP contribution in [0.1, 0.15) is 52.7 Å². The Bertz CT molecular complexity index is 594. The van der Waals surface area contributed by atoms with Gasteiger partial charge < -0.3 is 10.4 Å². The van der Waals surface area contributed by atoms with Crippen molar-refractivity contribution in [3.8, 4) is 0 Å². The minimum atomic E-state index is -0.480. The molecule has 2 aromatic rings. The lowest BCUT2D eigenvalue weighted by atomic mass is 10.1. The number of aryl methyl sites for hydroxylation is 3. The highest BCUT2D eigenvalue weighted by Gasteiger charge is 2.15. The lowest BCUT2D eigenvalue weighted by Gasteiger charge is -2.17. The predicted octanol–water partition coefficient (Wildman–Crippen LogP) is 3.71. The van der Waals surface area contributed by atoms with E-state index in [9.17, 15) is 5.11 Å². The molecule has 0 aliphatic heterocycles. The molecular weight excluding hydrogens is 280 g/mol. The van der Waals surface area contributed by atoms with Gasteiger partial charge in [-0.1, -0.05) is 36.8 Å². The molecule has 2 rings (SSSR count). The average molecular weight is 304 g/mol. The van der Waals surface area contributed by atoms with Crippen molar-refractivity contribution >= 4 is 11.3 Å². The van der Waals surface area contributed by atoms with E-state index in [2.05, 4.69) is 31.1 Å². The van der Waals surface area contributed by atoms with E-state index in [0.717, 1.165) is 17.7 Å². The molecule has 0 saturated carbocycles. The fourth-order valence-corrected chi connectivity index (χ4v) is 3.43. The van der Waals surface area contributed by atoms with Gasteiger partial charge in [-0.15, -0.1) is 11.3 Å². The molecule has 0 aliphatic carbocycles. The summed E-state index contributed by atoms with van der Waals surface area (Å²) >= 11 is 1.76. The number of nitrogens with zero attached hydrogens (tertiary/aromatic N) is 1. The SMILES string of the molecule is CCc1nc(C)c(C(C)NCC(O)c2cccc(C)c2)s1. The Morgan fingerprint density at radius 1 is 1.33 bits per heavy atom. The number of rotatable bonds is 6. The van der Waals surface area contributed by atoms with E-state index in [0.29, 0.717) is 6.54 Å². The van der Waals surface area contributed by atoms with Gasteiger partial charge in [0, 0.05) is 17.5 Å². The minimum Gasteiger partial charge on any atom is -0.387 e. The highest BCUT2D eigenvalue weighted by atomic mass is 32.1. The van der Waals surface area contributed by atoms with Crippen LogP contribution in [0.2, 0.25) is 0 Å². The molecule has 2 N–H and O–H groups in total. The summed E-state index contributed by atoms with van der Waals surface area (Å²) in [7, 11) is 0. The van der Waals surface area contributed by atoms with Crippen LogP contribution in [0.4, 0.5) is 0 Å². The van der Waals surface area contributed by atoms with Gasteiger partial charge in [0.1, 0.15) is 0 Å². The van der Waals surface area contributed by atoms with Crippen molar-refractivity contribution in [1.82, 2.24) is 10.3 Å². The third kappa shape index (κ3) is 4.13. The first-order valence-electron chi connectivity index (χ1n) is 7.45. The van der Waals surface area contributed by atoms with Crippen LogP contribution in [0.25, 0.3) is 0 Å². The van der Waals surface area contributed by atoms with Gasteiger partial charge in [0.15, 0.2) is 0 Å². The normalized spacial score (nSPS) is 14.1. The van der Waals surface area contributed by atoms with E-state index in [4.69, 9.17) is 0 Å². The Hall–Kier alpha value is -1.23. The maximum absolute atomic E-state index is 10.3. The molecule has 1 aromatic carbocycles. The van der Waals surface area contributed by atoms with Gasteiger partial charge in [0.05, 0.1) is 16.8 Å². The highest BCUT2D eigenvalue weighted by molar-refractivity contribution is 7.11. The Balaban J connectivity index is 1.97. The van der Waals surface area contributed by atoms with Gasteiger partial charge in [-0.3, -0.25) is 0 Å². The number of nitrogens with one attached hydrogen (secondary N) is 1. The molecule has 0 amide bonds. The zero-order valence-electron chi connectivity index (χ0n) is 13.2. The second-order valence-corrected chi connectivity index (χ2v) is 6.59. The first-order chi connectivity index (χ1) is 10.0. The van der Waals surface area contributed by atoms with Gasteiger partial charge in [0.2, 0.25) is 0 Å². The van der Waals surface area contributed by atoms with Gasteiger partial charge >= 0.3 is 0 Å². The Morgan fingerprint density at radius 2 is 2.10 bits per heavy atom. The fraction of sp³-hybridized carbons (Fsp3) is 0.471. The van der Waals surface area contributed by atoms with Crippen molar-refractivity contribution in [1.29, 1.82) is 0 Å². The number of aliphatic hydroxyl groups is 1. The summed E-state index contributed by atoms with van der Waals surface area (Å²) in [5.41, 5.74) is 3.23. The van der Waals surface area contributed by atoms with Crippen LogP contribution in [0.5, 0.6) is 0 Å². The summed E-state index contributed by atoms with van der Waals surface area (Å²) in [4.78, 5) is 5.83. The number of aliphatic hydroxyl groups excluding tert-OH is 1. The Labute approximate surface area is 131 Å². The first kappa shape index (κ1) is 16.1. The summed E-state index contributed by atoms with van der Waals surface area (Å²) in [6.07, 6.45) is 0.496. The molecule has 1 aromatic heterocycles. The Morgan fingerprint density at radius 3 is 2.71 bits per heavy atom. The molecule has 4 heteroatoms. The van der Waals surface area contributed by atoms with Crippen LogP contribution in [0.3, 0.4) is 0 Å². The fourth-order valence-electron chi connectivity index (χ4n) is 2.40. The summed E-state index contributed by atoms with van der Waals surface area (Å²) in [6.45, 7) is 8.90. The standard InChI is InChI=1S/C17H24N2OS/c1-5-16-19-13(4)17(21-16)12(3)18-10-15(20)14-8-6-7-11(2)9-14/h6-9,12,15,18,20H,5,10H2,1-4H3. The lowest BCUT2D eigenvalue weighted by Crippen LogP contribution is -2.24. The molecule has 0 radical (unpaired) electrons. The number of aromatic nitrogens is 1. The second-order valence-electron chi connectivity index (χ2n) is 5.47. The van der Waals surface area contributed by atoms with E-state index in [1.165, 1.54) is 15.4 Å². The smallest absolute Gasteiger partial charge is 0.0928 e. The Kier molecular flexibility index (Phi) is 5.51. The van der Waals surface area contributed by atoms with Gasteiger partial charge in [0.25, 0.3) is 0 Å². The number of hydrogen-bond acceptors (Lipinski definition) is 4. The van der Waals surface area contributed by atoms with Crippen LogP contribution in [0.15, 0.2) is 24.3 Å². The number of hydrogen-bond donors (Lipinski definition) is 2. The van der Waals surface area contributed by atoms with Crippen molar-refractivity contribution in [3.05, 3.63) is 51.0 Å². The topological polar surface area (TPSA) is 45.2 Å². The molecule has 0 spiro atoms. The molecule has 0 bridgehead atoms. The molecule has 0 fully saturated rings. The lowest BCUT2D eigenvalue weighted by molar-refractivity contribution is 0.171. The maximum Gasteiger partial charge on any atom is 0.0928 e. The average Bonchev–Trinajstić information content (AvgIpc) is 2.85. The molecule has 0 saturated heterocycles. The molecule has 114 valence electrons. The van der Waals surface area contributed by atoms with Crippen molar-refractivity contribution in [2.45, 2.75) is 46.3 Å². The molecule has 3 nitrogen and oxygen atoms in total. The monoisotopic (exact) mass is 304 g/mol. The van der Waals surface area contributed by atoms with Crippen LogP contribution in [-0.2, 0) is 6.42 Å². The van der Waals surface area contributed by atoms with Gasteiger partial charge in [-0.2, -0.15) is 0 Å².